The molecule has 11 heteroatoms. The van der Waals surface area contributed by atoms with Gasteiger partial charge in [-0.3, -0.25) is 23.7 Å². The molecule has 3 rings (SSSR count). The maximum absolute atomic E-state index is 13.6. The van der Waals surface area contributed by atoms with E-state index in [0.29, 0.717) is 31.3 Å². The molecule has 1 unspecified atom stereocenters. The number of aromatic nitrogens is 2. The summed E-state index contributed by atoms with van der Waals surface area (Å²) in [4.78, 5) is 55.4. The van der Waals surface area contributed by atoms with Gasteiger partial charge in [-0.1, -0.05) is 11.6 Å². The number of nitrogens with one attached hydrogen (secondary N) is 2. The fraction of sp³-hybridized carbons (Fsp3) is 0.500. The summed E-state index contributed by atoms with van der Waals surface area (Å²) in [6, 6.07) is -0.728. The maximum Gasteiger partial charge on any atom is 0.312 e. The highest BCUT2D eigenvalue weighted by atomic mass is 19.1. The summed E-state index contributed by atoms with van der Waals surface area (Å²) in [7, 11) is 2.77. The first-order valence-electron chi connectivity index (χ1n) is 10.8. The molecule has 2 heterocycles. The molecular formula is C22H28FN5O5. The van der Waals surface area contributed by atoms with Crippen LogP contribution in [0.2, 0.25) is 0 Å². The van der Waals surface area contributed by atoms with Crippen molar-refractivity contribution in [1.82, 2.24) is 25.1 Å². The zero-order valence-corrected chi connectivity index (χ0v) is 18.9. The van der Waals surface area contributed by atoms with Gasteiger partial charge in [-0.2, -0.15) is 0 Å². The Morgan fingerprint density at radius 2 is 2.03 bits per heavy atom. The van der Waals surface area contributed by atoms with Gasteiger partial charge in [-0.05, 0) is 38.2 Å². The smallest absolute Gasteiger partial charge is 0.312 e. The molecule has 10 nitrogen and oxygen atoms in total. The Balaban J connectivity index is 1.92. The minimum Gasteiger partial charge on any atom is -0.501 e. The summed E-state index contributed by atoms with van der Waals surface area (Å²) in [6.07, 6.45) is 4.05. The summed E-state index contributed by atoms with van der Waals surface area (Å²) < 4.78 is 14.8. The summed E-state index contributed by atoms with van der Waals surface area (Å²) in [5.74, 6) is -3.21. The fourth-order valence-electron chi connectivity index (χ4n) is 4.04. The topological polar surface area (TPSA) is 134 Å². The zero-order chi connectivity index (χ0) is 24.3. The Morgan fingerprint density at radius 3 is 2.70 bits per heavy atom. The molecule has 1 aromatic rings. The van der Waals surface area contributed by atoms with E-state index in [9.17, 15) is 28.7 Å². The largest absolute Gasteiger partial charge is 0.501 e. The van der Waals surface area contributed by atoms with Crippen LogP contribution in [0.25, 0.3) is 0 Å². The average molecular weight is 461 g/mol. The second-order valence-electron chi connectivity index (χ2n) is 8.20. The number of likely N-dealkylation sites (N-methyl/N-ethyl adjacent to an activating group) is 2. The Bertz CT molecular complexity index is 1110. The summed E-state index contributed by atoms with van der Waals surface area (Å²) in [6.45, 7) is 2.02. The number of amides is 3. The number of fused-ring (bicyclic) bond motifs is 1. The second-order valence-corrected chi connectivity index (χ2v) is 8.20. The van der Waals surface area contributed by atoms with E-state index < -0.39 is 40.8 Å². The normalized spacial score (nSPS) is 18.1. The molecule has 2 aliphatic rings. The van der Waals surface area contributed by atoms with Gasteiger partial charge in [0.1, 0.15) is 11.7 Å². The number of carbonyl (C=O) groups excluding carboxylic acids is 3. The van der Waals surface area contributed by atoms with Gasteiger partial charge < -0.3 is 20.6 Å². The van der Waals surface area contributed by atoms with Crippen molar-refractivity contribution in [2.24, 2.45) is 0 Å². The number of allylic oxidation sites excluding steroid dienone is 3. The third kappa shape index (κ3) is 4.96. The van der Waals surface area contributed by atoms with Crippen LogP contribution < -0.4 is 16.2 Å². The first kappa shape index (κ1) is 24.1. The standard InChI is InChI=1S/C22H28FN5O5/c1-12-10-13(7-8-14(12)23)11-25-19(30)16-17(29)21(32)28-9-5-4-6-15(18(28)26-16)27(3)22(33)20(31)24-2/h10,15,29H,4-9,11H2,1-3H3,(H,24,31)(H,25,30). The summed E-state index contributed by atoms with van der Waals surface area (Å²) in [5, 5.41) is 15.3. The number of nitrogens with zero attached hydrogens (tertiary/aromatic N) is 3. The van der Waals surface area contributed by atoms with Gasteiger partial charge in [0.2, 0.25) is 5.75 Å². The van der Waals surface area contributed by atoms with Gasteiger partial charge in [-0.15, -0.1) is 0 Å². The van der Waals surface area contributed by atoms with Crippen LogP contribution >= 0.6 is 0 Å². The molecule has 0 radical (unpaired) electrons. The minimum atomic E-state index is -0.811. The molecule has 178 valence electrons. The van der Waals surface area contributed by atoms with Crippen molar-refractivity contribution in [3.05, 3.63) is 44.9 Å². The molecular weight excluding hydrogens is 433 g/mol. The number of carbonyl (C=O) groups is 3. The van der Waals surface area contributed by atoms with E-state index in [1.165, 1.54) is 23.6 Å². The lowest BCUT2D eigenvalue weighted by atomic mass is 9.99. The lowest BCUT2D eigenvalue weighted by Gasteiger charge is -2.27. The average Bonchev–Trinajstić information content (AvgIpc) is 3.03. The van der Waals surface area contributed by atoms with Gasteiger partial charge in [0.15, 0.2) is 5.69 Å². The molecule has 3 amide bonds. The Morgan fingerprint density at radius 1 is 1.30 bits per heavy atom. The van der Waals surface area contributed by atoms with Gasteiger partial charge in [0, 0.05) is 33.6 Å². The van der Waals surface area contributed by atoms with E-state index in [2.05, 4.69) is 15.6 Å². The van der Waals surface area contributed by atoms with Crippen LogP contribution in [-0.2, 0) is 16.1 Å². The van der Waals surface area contributed by atoms with Crippen molar-refractivity contribution in [2.75, 3.05) is 20.6 Å². The van der Waals surface area contributed by atoms with Gasteiger partial charge in [-0.25, -0.2) is 9.37 Å². The van der Waals surface area contributed by atoms with E-state index >= 15 is 0 Å². The van der Waals surface area contributed by atoms with Crippen molar-refractivity contribution in [3.63, 3.8) is 0 Å². The Kier molecular flexibility index (Phi) is 7.29. The van der Waals surface area contributed by atoms with E-state index in [1.807, 2.05) is 0 Å². The van der Waals surface area contributed by atoms with E-state index in [4.69, 9.17) is 0 Å². The quantitative estimate of drug-likeness (QED) is 0.575. The predicted molar refractivity (Wildman–Crippen MR) is 117 cm³/mol. The molecule has 1 aliphatic carbocycles. The van der Waals surface area contributed by atoms with Gasteiger partial charge in [0.05, 0.1) is 6.04 Å². The monoisotopic (exact) mass is 461 g/mol. The van der Waals surface area contributed by atoms with Crippen molar-refractivity contribution in [2.45, 2.75) is 51.6 Å². The minimum absolute atomic E-state index is 0.113. The zero-order valence-electron chi connectivity index (χ0n) is 18.9. The predicted octanol–water partition coefficient (Wildman–Crippen LogP) is 1.07. The van der Waals surface area contributed by atoms with Crippen molar-refractivity contribution in [1.29, 1.82) is 0 Å². The van der Waals surface area contributed by atoms with E-state index in [1.54, 1.807) is 13.0 Å². The van der Waals surface area contributed by atoms with Crippen LogP contribution in [-0.4, -0.2) is 57.9 Å². The molecule has 1 aromatic heterocycles. The highest BCUT2D eigenvalue weighted by molar-refractivity contribution is 6.34. The van der Waals surface area contributed by atoms with Gasteiger partial charge in [0.25, 0.3) is 11.5 Å². The van der Waals surface area contributed by atoms with Gasteiger partial charge >= 0.3 is 11.8 Å². The molecule has 0 fully saturated rings. The van der Waals surface area contributed by atoms with Crippen LogP contribution in [0.5, 0.6) is 5.75 Å². The van der Waals surface area contributed by atoms with Crippen LogP contribution in [0.1, 0.15) is 61.4 Å². The molecule has 33 heavy (non-hydrogen) atoms. The third-order valence-corrected chi connectivity index (χ3v) is 6.00. The van der Waals surface area contributed by atoms with Crippen LogP contribution in [0.4, 0.5) is 4.39 Å². The highest BCUT2D eigenvalue weighted by Gasteiger charge is 2.33. The van der Waals surface area contributed by atoms with Crippen molar-refractivity contribution in [3.8, 4) is 5.75 Å². The van der Waals surface area contributed by atoms with Crippen LogP contribution in [0.3, 0.4) is 0 Å². The lowest BCUT2D eigenvalue weighted by molar-refractivity contribution is -0.146. The molecule has 1 atom stereocenters. The molecule has 3 N–H and O–H groups in total. The maximum atomic E-state index is 13.6. The molecule has 0 saturated carbocycles. The molecule has 0 aromatic carbocycles. The fourth-order valence-corrected chi connectivity index (χ4v) is 4.04. The van der Waals surface area contributed by atoms with E-state index in [0.717, 1.165) is 5.57 Å². The molecule has 1 aliphatic heterocycles. The van der Waals surface area contributed by atoms with Crippen LogP contribution in [0.15, 0.2) is 27.8 Å². The summed E-state index contributed by atoms with van der Waals surface area (Å²) >= 11 is 0. The van der Waals surface area contributed by atoms with Crippen molar-refractivity contribution >= 4 is 17.7 Å². The highest BCUT2D eigenvalue weighted by Crippen LogP contribution is 2.29. The SMILES string of the molecule is CNC(=O)C(=O)N(C)C1CCCCn2c1nc(C(=O)NCC1=CC(C)=C(F)CC1)c(O)c2=O. The number of rotatable bonds is 4. The summed E-state index contributed by atoms with van der Waals surface area (Å²) in [5.41, 5.74) is 0.0767. The molecule has 0 saturated heterocycles. The lowest BCUT2D eigenvalue weighted by Crippen LogP contribution is -2.43. The van der Waals surface area contributed by atoms with Crippen molar-refractivity contribution < 1.29 is 23.9 Å². The number of hydrogen-bond donors (Lipinski definition) is 3. The van der Waals surface area contributed by atoms with Crippen LogP contribution in [0, 0.1) is 0 Å². The second kappa shape index (κ2) is 9.97. The number of halogens is 1. The molecule has 0 bridgehead atoms. The Hall–Kier alpha value is -3.50. The first-order chi connectivity index (χ1) is 15.6. The van der Waals surface area contributed by atoms with E-state index in [-0.39, 0.29) is 31.2 Å². The third-order valence-electron chi connectivity index (χ3n) is 6.00. The molecule has 0 spiro atoms. The number of aromatic hydroxyl groups is 1. The first-order valence-corrected chi connectivity index (χ1v) is 10.8. The Labute approximate surface area is 190 Å². The number of hydrogen-bond acceptors (Lipinski definition) is 6.